The highest BCUT2D eigenvalue weighted by Crippen LogP contribution is 2.32. The largest absolute Gasteiger partial charge is 0.412 e. The molecular formula is C18H18F3N3O3S. The minimum atomic E-state index is -4.68. The fourth-order valence-corrected chi connectivity index (χ4v) is 4.52. The standard InChI is InChI=1S/C18H18F3N3O3S/c19-18(20,21)16(13-6-2-1-3-7-13)23-17(25)22-14-8-4-9-15(12-14)24-10-5-11-28(24,26)27/h1-4,6-9,12,16H,5,10-11H2,(H2,22,23,25). The number of hydrogen-bond acceptors (Lipinski definition) is 3. The quantitative estimate of drug-likeness (QED) is 0.803. The molecule has 10 heteroatoms. The summed E-state index contributed by atoms with van der Waals surface area (Å²) in [6.07, 6.45) is -4.19. The second-order valence-corrected chi connectivity index (χ2v) is 8.29. The first-order valence-corrected chi connectivity index (χ1v) is 10.1. The van der Waals surface area contributed by atoms with E-state index >= 15 is 0 Å². The van der Waals surface area contributed by atoms with Crippen molar-refractivity contribution in [3.63, 3.8) is 0 Å². The molecule has 1 aliphatic heterocycles. The number of amides is 2. The van der Waals surface area contributed by atoms with Crippen molar-refractivity contribution in [2.45, 2.75) is 18.6 Å². The molecule has 150 valence electrons. The lowest BCUT2D eigenvalue weighted by Crippen LogP contribution is -2.40. The van der Waals surface area contributed by atoms with Crippen LogP contribution in [0.2, 0.25) is 0 Å². The van der Waals surface area contributed by atoms with E-state index in [4.69, 9.17) is 0 Å². The number of sulfonamides is 1. The summed E-state index contributed by atoms with van der Waals surface area (Å²) in [5.74, 6) is 0.0372. The van der Waals surface area contributed by atoms with E-state index in [0.717, 1.165) is 0 Å². The second-order valence-electron chi connectivity index (χ2n) is 6.28. The zero-order valence-electron chi connectivity index (χ0n) is 14.6. The van der Waals surface area contributed by atoms with E-state index < -0.39 is 28.3 Å². The Hall–Kier alpha value is -2.75. The van der Waals surface area contributed by atoms with E-state index in [-0.39, 0.29) is 17.0 Å². The summed E-state index contributed by atoms with van der Waals surface area (Å²) in [5, 5.41) is 4.25. The second kappa shape index (κ2) is 7.70. The molecule has 0 saturated carbocycles. The summed E-state index contributed by atoms with van der Waals surface area (Å²) in [6.45, 7) is 0.322. The van der Waals surface area contributed by atoms with Gasteiger partial charge in [-0.15, -0.1) is 0 Å². The number of urea groups is 1. The van der Waals surface area contributed by atoms with Crippen LogP contribution in [-0.2, 0) is 10.0 Å². The van der Waals surface area contributed by atoms with Gasteiger partial charge in [0.1, 0.15) is 0 Å². The molecule has 0 spiro atoms. The van der Waals surface area contributed by atoms with Crippen molar-refractivity contribution in [1.82, 2.24) is 5.32 Å². The lowest BCUT2D eigenvalue weighted by Gasteiger charge is -2.22. The summed E-state index contributed by atoms with van der Waals surface area (Å²) in [6, 6.07) is 9.78. The maximum Gasteiger partial charge on any atom is 0.412 e. The first kappa shape index (κ1) is 20.0. The van der Waals surface area contributed by atoms with Crippen LogP contribution in [0.3, 0.4) is 0 Å². The molecule has 1 unspecified atom stereocenters. The summed E-state index contributed by atoms with van der Waals surface area (Å²) in [5.41, 5.74) is 0.443. The number of hydrogen-bond donors (Lipinski definition) is 2. The molecule has 2 N–H and O–H groups in total. The zero-order chi connectivity index (χ0) is 20.4. The van der Waals surface area contributed by atoms with Crippen LogP contribution >= 0.6 is 0 Å². The minimum Gasteiger partial charge on any atom is -0.322 e. The van der Waals surface area contributed by atoms with Gasteiger partial charge in [-0.2, -0.15) is 13.2 Å². The third-order valence-electron chi connectivity index (χ3n) is 4.23. The Balaban J connectivity index is 1.75. The lowest BCUT2D eigenvalue weighted by molar-refractivity contribution is -0.154. The molecule has 0 aliphatic carbocycles. The van der Waals surface area contributed by atoms with Crippen LogP contribution in [0, 0.1) is 0 Å². The molecule has 1 fully saturated rings. The molecule has 1 saturated heterocycles. The Bertz CT molecular complexity index is 949. The van der Waals surface area contributed by atoms with Crippen molar-refractivity contribution in [1.29, 1.82) is 0 Å². The van der Waals surface area contributed by atoms with E-state index in [1.54, 1.807) is 12.1 Å². The molecular weight excluding hydrogens is 395 g/mol. The van der Waals surface area contributed by atoms with Gasteiger partial charge in [-0.1, -0.05) is 36.4 Å². The van der Waals surface area contributed by atoms with E-state index in [1.165, 1.54) is 46.8 Å². The van der Waals surface area contributed by atoms with Gasteiger partial charge in [0, 0.05) is 12.2 Å². The van der Waals surface area contributed by atoms with E-state index in [0.29, 0.717) is 18.7 Å². The lowest BCUT2D eigenvalue weighted by atomic mass is 10.1. The Kier molecular flexibility index (Phi) is 5.50. The number of rotatable bonds is 4. The van der Waals surface area contributed by atoms with Crippen LogP contribution in [0.1, 0.15) is 18.0 Å². The van der Waals surface area contributed by atoms with Crippen molar-refractivity contribution in [2.75, 3.05) is 21.9 Å². The highest BCUT2D eigenvalue weighted by Gasteiger charge is 2.41. The molecule has 1 heterocycles. The number of anilines is 2. The highest BCUT2D eigenvalue weighted by atomic mass is 32.2. The van der Waals surface area contributed by atoms with Gasteiger partial charge in [0.2, 0.25) is 10.0 Å². The number of halogens is 3. The van der Waals surface area contributed by atoms with Gasteiger partial charge < -0.3 is 10.6 Å². The Morgan fingerprint density at radius 3 is 2.39 bits per heavy atom. The highest BCUT2D eigenvalue weighted by molar-refractivity contribution is 7.93. The van der Waals surface area contributed by atoms with Gasteiger partial charge in [-0.25, -0.2) is 13.2 Å². The monoisotopic (exact) mass is 413 g/mol. The maximum absolute atomic E-state index is 13.3. The summed E-state index contributed by atoms with van der Waals surface area (Å²) < 4.78 is 65.3. The van der Waals surface area contributed by atoms with Crippen LogP contribution in [0.4, 0.5) is 29.3 Å². The molecule has 2 aromatic carbocycles. The smallest absolute Gasteiger partial charge is 0.322 e. The zero-order valence-corrected chi connectivity index (χ0v) is 15.4. The Labute approximate surface area is 160 Å². The third-order valence-corrected chi connectivity index (χ3v) is 6.10. The molecule has 6 nitrogen and oxygen atoms in total. The normalized spacial score (nSPS) is 17.2. The molecule has 3 rings (SSSR count). The number of carbonyl (C=O) groups excluding carboxylic acids is 1. The fraction of sp³-hybridized carbons (Fsp3) is 0.278. The summed E-state index contributed by atoms with van der Waals surface area (Å²) in [7, 11) is -3.40. The number of carbonyl (C=O) groups is 1. The predicted octanol–water partition coefficient (Wildman–Crippen LogP) is 3.65. The Morgan fingerprint density at radius 1 is 1.07 bits per heavy atom. The number of alkyl halides is 3. The molecule has 0 bridgehead atoms. The fourth-order valence-electron chi connectivity index (χ4n) is 2.97. The first-order chi connectivity index (χ1) is 13.2. The van der Waals surface area contributed by atoms with Crippen LogP contribution < -0.4 is 14.9 Å². The van der Waals surface area contributed by atoms with Gasteiger partial charge in [0.15, 0.2) is 6.04 Å². The average Bonchev–Trinajstić information content (AvgIpc) is 2.99. The summed E-state index contributed by atoms with van der Waals surface area (Å²) >= 11 is 0. The number of nitrogens with zero attached hydrogens (tertiary/aromatic N) is 1. The molecule has 2 aromatic rings. The van der Waals surface area contributed by atoms with Gasteiger partial charge in [-0.3, -0.25) is 4.31 Å². The maximum atomic E-state index is 13.3. The molecule has 28 heavy (non-hydrogen) atoms. The van der Waals surface area contributed by atoms with Crippen LogP contribution in [-0.4, -0.2) is 32.9 Å². The van der Waals surface area contributed by atoms with E-state index in [1.807, 2.05) is 5.32 Å². The van der Waals surface area contributed by atoms with Crippen molar-refractivity contribution in [3.8, 4) is 0 Å². The van der Waals surface area contributed by atoms with Gasteiger partial charge in [0.05, 0.1) is 11.4 Å². The number of benzene rings is 2. The van der Waals surface area contributed by atoms with Gasteiger partial charge >= 0.3 is 12.2 Å². The topological polar surface area (TPSA) is 78.5 Å². The number of nitrogens with one attached hydrogen (secondary N) is 2. The van der Waals surface area contributed by atoms with Crippen LogP contribution in [0.5, 0.6) is 0 Å². The molecule has 1 atom stereocenters. The van der Waals surface area contributed by atoms with Gasteiger partial charge in [-0.05, 0) is 30.2 Å². The molecule has 2 amide bonds. The van der Waals surface area contributed by atoms with Crippen molar-refractivity contribution in [3.05, 3.63) is 60.2 Å². The summed E-state index contributed by atoms with van der Waals surface area (Å²) in [4.78, 5) is 12.1. The molecule has 0 radical (unpaired) electrons. The third kappa shape index (κ3) is 4.56. The SMILES string of the molecule is O=C(Nc1cccc(N2CCCS2(=O)=O)c1)NC(c1ccccc1)C(F)(F)F. The van der Waals surface area contributed by atoms with E-state index in [2.05, 4.69) is 5.32 Å². The van der Waals surface area contributed by atoms with Crippen LogP contribution in [0.25, 0.3) is 0 Å². The Morgan fingerprint density at radius 2 is 1.79 bits per heavy atom. The average molecular weight is 413 g/mol. The molecule has 1 aliphatic rings. The molecule has 0 aromatic heterocycles. The van der Waals surface area contributed by atoms with Gasteiger partial charge in [0.25, 0.3) is 0 Å². The van der Waals surface area contributed by atoms with Crippen LogP contribution in [0.15, 0.2) is 54.6 Å². The predicted molar refractivity (Wildman–Crippen MR) is 99.6 cm³/mol. The van der Waals surface area contributed by atoms with Crippen molar-refractivity contribution >= 4 is 27.4 Å². The van der Waals surface area contributed by atoms with Crippen molar-refractivity contribution in [2.24, 2.45) is 0 Å². The minimum absolute atomic E-state index is 0.0372. The van der Waals surface area contributed by atoms with Crippen molar-refractivity contribution < 1.29 is 26.4 Å². The first-order valence-electron chi connectivity index (χ1n) is 8.46. The van der Waals surface area contributed by atoms with E-state index in [9.17, 15) is 26.4 Å².